The Bertz CT molecular complexity index is 843. The molecule has 8 nitrogen and oxygen atoms in total. The van der Waals surface area contributed by atoms with E-state index in [1.807, 2.05) is 6.07 Å². The van der Waals surface area contributed by atoms with Crippen molar-refractivity contribution < 1.29 is 8.42 Å². The van der Waals surface area contributed by atoms with E-state index in [4.69, 9.17) is 5.26 Å². The van der Waals surface area contributed by atoms with Crippen molar-refractivity contribution in [2.24, 2.45) is 10.2 Å². The molecular formula is C10H10N6O2S3. The maximum absolute atomic E-state index is 11.1. The Hall–Kier alpha value is -1.90. The first-order valence-corrected chi connectivity index (χ1v) is 9.01. The summed E-state index contributed by atoms with van der Waals surface area (Å²) in [7, 11) is -3.38. The highest BCUT2D eigenvalue weighted by molar-refractivity contribution is 7.92. The summed E-state index contributed by atoms with van der Waals surface area (Å²) in [5, 5.41) is 18.1. The summed E-state index contributed by atoms with van der Waals surface area (Å²) in [6, 6.07) is 2.02. The summed E-state index contributed by atoms with van der Waals surface area (Å²) in [5.41, 5.74) is 1.55. The molecule has 2 aromatic rings. The van der Waals surface area contributed by atoms with E-state index in [2.05, 4.69) is 24.3 Å². The number of sulfonamides is 1. The van der Waals surface area contributed by atoms with Gasteiger partial charge < -0.3 is 0 Å². The summed E-state index contributed by atoms with van der Waals surface area (Å²) in [6.45, 7) is 3.42. The van der Waals surface area contributed by atoms with Gasteiger partial charge in [0, 0.05) is 0 Å². The largest absolute Gasteiger partial charge is 0.259 e. The molecule has 0 radical (unpaired) electrons. The van der Waals surface area contributed by atoms with Gasteiger partial charge in [0.2, 0.25) is 10.0 Å². The van der Waals surface area contributed by atoms with Crippen molar-refractivity contribution in [1.29, 1.82) is 5.26 Å². The molecule has 0 bridgehead atoms. The molecule has 0 atom stereocenters. The number of aromatic nitrogens is 2. The van der Waals surface area contributed by atoms with Gasteiger partial charge >= 0.3 is 0 Å². The van der Waals surface area contributed by atoms with Crippen LogP contribution in [0.15, 0.2) is 10.2 Å². The monoisotopic (exact) mass is 342 g/mol. The maximum Gasteiger partial charge on any atom is 0.231 e. The molecule has 0 aromatic carbocycles. The Labute approximate surface area is 129 Å². The van der Waals surface area contributed by atoms with Gasteiger partial charge in [-0.3, -0.25) is 4.72 Å². The van der Waals surface area contributed by atoms with Crippen molar-refractivity contribution in [2.45, 2.75) is 13.8 Å². The number of aryl methyl sites for hydroxylation is 2. The van der Waals surface area contributed by atoms with Gasteiger partial charge in [0.1, 0.15) is 11.6 Å². The average molecular weight is 342 g/mol. The highest BCUT2D eigenvalue weighted by Crippen LogP contribution is 2.34. The summed E-state index contributed by atoms with van der Waals surface area (Å²) < 4.78 is 28.6. The number of hydrogen-bond donors (Lipinski definition) is 1. The van der Waals surface area contributed by atoms with Crippen LogP contribution in [0.1, 0.15) is 17.0 Å². The van der Waals surface area contributed by atoms with Gasteiger partial charge in [-0.2, -0.15) is 9.64 Å². The van der Waals surface area contributed by atoms with Crippen LogP contribution in [0.4, 0.5) is 15.1 Å². The fourth-order valence-corrected chi connectivity index (χ4v) is 3.63. The predicted molar refractivity (Wildman–Crippen MR) is 81.1 cm³/mol. The van der Waals surface area contributed by atoms with Crippen LogP contribution in [0, 0.1) is 25.2 Å². The first-order valence-electron chi connectivity index (χ1n) is 5.53. The number of nitrogens with one attached hydrogen (secondary N) is 1. The lowest BCUT2D eigenvalue weighted by Crippen LogP contribution is -2.08. The Kier molecular flexibility index (Phi) is 4.31. The van der Waals surface area contributed by atoms with Crippen molar-refractivity contribution in [3.05, 3.63) is 17.0 Å². The third-order valence-electron chi connectivity index (χ3n) is 2.23. The van der Waals surface area contributed by atoms with Gasteiger partial charge in [-0.1, -0.05) is 11.3 Å². The van der Waals surface area contributed by atoms with Crippen molar-refractivity contribution in [2.75, 3.05) is 11.0 Å². The molecule has 0 spiro atoms. The second-order valence-electron chi connectivity index (χ2n) is 4.04. The molecule has 2 rings (SSSR count). The lowest BCUT2D eigenvalue weighted by molar-refractivity contribution is 0.607. The molecule has 0 aliphatic heterocycles. The first kappa shape index (κ1) is 15.5. The van der Waals surface area contributed by atoms with E-state index < -0.39 is 10.0 Å². The summed E-state index contributed by atoms with van der Waals surface area (Å²) in [5.74, 6) is 0. The number of hydrogen-bond acceptors (Lipinski definition) is 9. The SMILES string of the molecule is Cc1nc(NS(C)(=O)=O)sc1N=Nc1snc(C)c1C#N. The topological polar surface area (TPSA) is 120 Å². The molecule has 0 aliphatic rings. The van der Waals surface area contributed by atoms with Crippen LogP contribution in [-0.2, 0) is 10.0 Å². The molecular weight excluding hydrogens is 332 g/mol. The minimum Gasteiger partial charge on any atom is -0.259 e. The molecule has 110 valence electrons. The first-order chi connectivity index (χ1) is 9.80. The summed E-state index contributed by atoms with van der Waals surface area (Å²) >= 11 is 2.15. The molecule has 0 amide bonds. The smallest absolute Gasteiger partial charge is 0.231 e. The van der Waals surface area contributed by atoms with E-state index in [1.165, 1.54) is 0 Å². The number of anilines is 1. The van der Waals surface area contributed by atoms with Gasteiger partial charge in [-0.05, 0) is 25.4 Å². The maximum atomic E-state index is 11.1. The lowest BCUT2D eigenvalue weighted by Gasteiger charge is -1.95. The zero-order chi connectivity index (χ0) is 15.6. The Morgan fingerprint density at radius 2 is 1.90 bits per heavy atom. The third-order valence-corrected chi connectivity index (χ3v) is 4.71. The summed E-state index contributed by atoms with van der Waals surface area (Å²) in [6.07, 6.45) is 1.05. The van der Waals surface area contributed by atoms with Gasteiger partial charge in [-0.25, -0.2) is 13.4 Å². The number of azo groups is 1. The van der Waals surface area contributed by atoms with Crippen LogP contribution in [0.3, 0.4) is 0 Å². The van der Waals surface area contributed by atoms with Crippen LogP contribution < -0.4 is 4.72 Å². The highest BCUT2D eigenvalue weighted by atomic mass is 32.2. The molecule has 11 heteroatoms. The van der Waals surface area contributed by atoms with E-state index in [-0.39, 0.29) is 5.13 Å². The molecule has 0 saturated heterocycles. The predicted octanol–water partition coefficient (Wildman–Crippen LogP) is 2.88. The van der Waals surface area contributed by atoms with Crippen LogP contribution in [0.2, 0.25) is 0 Å². The standard InChI is InChI=1S/C10H10N6O2S3/c1-5-7(4-11)9(20-15-5)14-13-8-6(2)12-10(19-8)16-21(3,17)18/h1-3H3,(H,12,16). The molecule has 1 N–H and O–H groups in total. The third kappa shape index (κ3) is 3.81. The van der Waals surface area contributed by atoms with E-state index in [1.54, 1.807) is 13.8 Å². The van der Waals surface area contributed by atoms with Gasteiger partial charge in [0.15, 0.2) is 15.1 Å². The van der Waals surface area contributed by atoms with Crippen LogP contribution in [0.5, 0.6) is 0 Å². The van der Waals surface area contributed by atoms with E-state index in [0.717, 1.165) is 29.1 Å². The fraction of sp³-hybridized carbons (Fsp3) is 0.300. The quantitative estimate of drug-likeness (QED) is 0.856. The van der Waals surface area contributed by atoms with E-state index >= 15 is 0 Å². The number of nitriles is 1. The zero-order valence-electron chi connectivity index (χ0n) is 11.3. The van der Waals surface area contributed by atoms with Gasteiger partial charge in [0.25, 0.3) is 0 Å². The molecule has 0 fully saturated rings. The minimum absolute atomic E-state index is 0.227. The normalized spacial score (nSPS) is 11.7. The summed E-state index contributed by atoms with van der Waals surface area (Å²) in [4.78, 5) is 4.05. The fourth-order valence-electron chi connectivity index (χ4n) is 1.33. The Morgan fingerprint density at radius 3 is 2.52 bits per heavy atom. The molecule has 21 heavy (non-hydrogen) atoms. The van der Waals surface area contributed by atoms with Crippen molar-refractivity contribution in [3.8, 4) is 6.07 Å². The minimum atomic E-state index is -3.38. The van der Waals surface area contributed by atoms with Crippen LogP contribution in [0.25, 0.3) is 0 Å². The van der Waals surface area contributed by atoms with Crippen molar-refractivity contribution >= 4 is 48.0 Å². The second kappa shape index (κ2) is 5.84. The number of thiazole rings is 1. The van der Waals surface area contributed by atoms with E-state index in [9.17, 15) is 8.42 Å². The van der Waals surface area contributed by atoms with Crippen LogP contribution >= 0.6 is 22.9 Å². The Balaban J connectivity index is 2.28. The van der Waals surface area contributed by atoms with Crippen molar-refractivity contribution in [3.63, 3.8) is 0 Å². The van der Waals surface area contributed by atoms with E-state index in [0.29, 0.717) is 27.0 Å². The molecule has 2 heterocycles. The van der Waals surface area contributed by atoms with Gasteiger partial charge in [-0.15, -0.1) is 10.2 Å². The van der Waals surface area contributed by atoms with Gasteiger partial charge in [0.05, 0.1) is 17.6 Å². The van der Waals surface area contributed by atoms with Crippen LogP contribution in [-0.4, -0.2) is 24.0 Å². The number of nitrogens with zero attached hydrogens (tertiary/aromatic N) is 5. The molecule has 0 saturated carbocycles. The lowest BCUT2D eigenvalue weighted by atomic mass is 10.3. The molecule has 0 unspecified atom stereocenters. The second-order valence-corrected chi connectivity index (χ2v) is 7.52. The molecule has 0 aliphatic carbocycles. The van der Waals surface area contributed by atoms with Crippen molar-refractivity contribution in [1.82, 2.24) is 9.36 Å². The average Bonchev–Trinajstić information content (AvgIpc) is 2.88. The Morgan fingerprint density at radius 1 is 1.24 bits per heavy atom. The number of rotatable bonds is 4. The molecule has 2 aromatic heterocycles. The highest BCUT2D eigenvalue weighted by Gasteiger charge is 2.12. The zero-order valence-corrected chi connectivity index (χ0v) is 13.7.